The van der Waals surface area contributed by atoms with E-state index in [4.69, 9.17) is 0 Å². The first kappa shape index (κ1) is 16.2. The second kappa shape index (κ2) is 10.0. The second-order valence-corrected chi connectivity index (χ2v) is 5.62. The van der Waals surface area contributed by atoms with E-state index in [-0.39, 0.29) is 0 Å². The Bertz CT molecular complexity index is 320. The molecule has 19 heavy (non-hydrogen) atoms. The highest BCUT2D eigenvalue weighted by molar-refractivity contribution is 5.05. The van der Waals surface area contributed by atoms with Crippen LogP contribution in [0.25, 0.3) is 0 Å². The van der Waals surface area contributed by atoms with Crippen LogP contribution in [0, 0.1) is 0 Å². The van der Waals surface area contributed by atoms with E-state index in [0.29, 0.717) is 6.04 Å². The minimum atomic E-state index is 0.597. The second-order valence-electron chi connectivity index (χ2n) is 5.62. The Labute approximate surface area is 118 Å². The van der Waals surface area contributed by atoms with Crippen LogP contribution in [0.1, 0.15) is 63.9 Å². The number of nitrogens with one attached hydrogen (secondary N) is 1. The van der Waals surface area contributed by atoms with Gasteiger partial charge in [0, 0.05) is 19.3 Å². The molecule has 0 fully saturated rings. The van der Waals surface area contributed by atoms with E-state index in [9.17, 15) is 0 Å². The summed E-state index contributed by atoms with van der Waals surface area (Å²) in [5, 5.41) is 7.67. The third-order valence-corrected chi connectivity index (χ3v) is 3.80. The standard InChI is InChI=1S/C16H31N3/c1-4-5-6-7-8-9-10-11-16(17-2)12-15-13-18-19(3)14-15/h13-14,16-17H,4-12H2,1-3H3. The van der Waals surface area contributed by atoms with Crippen molar-refractivity contribution in [3.8, 4) is 0 Å². The Morgan fingerprint density at radius 3 is 2.42 bits per heavy atom. The SMILES string of the molecule is CCCCCCCCCC(Cc1cnn(C)c1)NC. The molecule has 0 radical (unpaired) electrons. The maximum Gasteiger partial charge on any atom is 0.0522 e. The van der Waals surface area contributed by atoms with Crippen molar-refractivity contribution in [3.05, 3.63) is 18.0 Å². The van der Waals surface area contributed by atoms with Gasteiger partial charge in [0.15, 0.2) is 0 Å². The van der Waals surface area contributed by atoms with Crippen molar-refractivity contribution in [2.24, 2.45) is 7.05 Å². The average Bonchev–Trinajstić information content (AvgIpc) is 2.81. The molecular formula is C16H31N3. The summed E-state index contributed by atoms with van der Waals surface area (Å²) in [7, 11) is 4.05. The number of unbranched alkanes of at least 4 members (excludes halogenated alkanes) is 6. The van der Waals surface area contributed by atoms with Crippen LogP contribution in [0.4, 0.5) is 0 Å². The molecule has 0 amide bonds. The van der Waals surface area contributed by atoms with Gasteiger partial charge in [-0.25, -0.2) is 0 Å². The maximum absolute atomic E-state index is 4.23. The van der Waals surface area contributed by atoms with Crippen molar-refractivity contribution < 1.29 is 0 Å². The van der Waals surface area contributed by atoms with Crippen LogP contribution >= 0.6 is 0 Å². The third kappa shape index (κ3) is 7.36. The first-order valence-corrected chi connectivity index (χ1v) is 7.91. The molecule has 0 saturated heterocycles. The molecule has 1 rings (SSSR count). The highest BCUT2D eigenvalue weighted by atomic mass is 15.2. The topological polar surface area (TPSA) is 29.9 Å². The normalized spacial score (nSPS) is 12.8. The molecule has 0 aliphatic heterocycles. The number of aromatic nitrogens is 2. The zero-order chi connectivity index (χ0) is 13.9. The van der Waals surface area contributed by atoms with E-state index in [2.05, 4.69) is 30.6 Å². The van der Waals surface area contributed by atoms with E-state index >= 15 is 0 Å². The summed E-state index contributed by atoms with van der Waals surface area (Å²) in [4.78, 5) is 0. The highest BCUT2D eigenvalue weighted by Crippen LogP contribution is 2.12. The van der Waals surface area contributed by atoms with Gasteiger partial charge in [0.2, 0.25) is 0 Å². The van der Waals surface area contributed by atoms with Crippen molar-refractivity contribution in [2.75, 3.05) is 7.05 Å². The Balaban J connectivity index is 2.08. The van der Waals surface area contributed by atoms with Crippen molar-refractivity contribution in [1.82, 2.24) is 15.1 Å². The highest BCUT2D eigenvalue weighted by Gasteiger charge is 2.08. The summed E-state index contributed by atoms with van der Waals surface area (Å²) in [6, 6.07) is 0.597. The maximum atomic E-state index is 4.23. The van der Waals surface area contributed by atoms with Crippen LogP contribution in [0.3, 0.4) is 0 Å². The summed E-state index contributed by atoms with van der Waals surface area (Å²) in [6.07, 6.45) is 16.2. The molecule has 1 unspecified atom stereocenters. The summed E-state index contributed by atoms with van der Waals surface area (Å²) in [5.41, 5.74) is 1.34. The number of likely N-dealkylation sites (N-methyl/N-ethyl adjacent to an activating group) is 1. The fraction of sp³-hybridized carbons (Fsp3) is 0.812. The molecule has 3 nitrogen and oxygen atoms in total. The third-order valence-electron chi connectivity index (χ3n) is 3.80. The molecule has 0 aliphatic carbocycles. The molecule has 0 saturated carbocycles. The van der Waals surface area contributed by atoms with Gasteiger partial charge in [-0.2, -0.15) is 5.10 Å². The van der Waals surface area contributed by atoms with Gasteiger partial charge in [-0.3, -0.25) is 4.68 Å². The van der Waals surface area contributed by atoms with Crippen molar-refractivity contribution in [2.45, 2.75) is 70.8 Å². The Morgan fingerprint density at radius 1 is 1.16 bits per heavy atom. The quantitative estimate of drug-likeness (QED) is 0.618. The summed E-state index contributed by atoms with van der Waals surface area (Å²) in [6.45, 7) is 2.27. The fourth-order valence-corrected chi connectivity index (χ4v) is 2.56. The first-order valence-electron chi connectivity index (χ1n) is 7.91. The fourth-order valence-electron chi connectivity index (χ4n) is 2.56. The first-order chi connectivity index (χ1) is 9.26. The molecule has 1 N–H and O–H groups in total. The number of aryl methyl sites for hydroxylation is 1. The van der Waals surface area contributed by atoms with Crippen molar-refractivity contribution in [3.63, 3.8) is 0 Å². The van der Waals surface area contributed by atoms with E-state index in [1.807, 2.05) is 17.9 Å². The zero-order valence-corrected chi connectivity index (χ0v) is 13.0. The van der Waals surface area contributed by atoms with Gasteiger partial charge in [-0.15, -0.1) is 0 Å². The predicted octanol–water partition coefficient (Wildman–Crippen LogP) is 3.69. The molecular weight excluding hydrogens is 234 g/mol. The lowest BCUT2D eigenvalue weighted by Gasteiger charge is -2.15. The van der Waals surface area contributed by atoms with Gasteiger partial charge >= 0.3 is 0 Å². The van der Waals surface area contributed by atoms with Crippen LogP contribution in [0.5, 0.6) is 0 Å². The molecule has 0 aliphatic rings. The van der Waals surface area contributed by atoms with Gasteiger partial charge in [-0.05, 0) is 25.5 Å². The lowest BCUT2D eigenvalue weighted by molar-refractivity contribution is 0.478. The van der Waals surface area contributed by atoms with Crippen molar-refractivity contribution >= 4 is 0 Å². The number of hydrogen-bond acceptors (Lipinski definition) is 2. The van der Waals surface area contributed by atoms with E-state index in [1.165, 1.54) is 56.9 Å². The van der Waals surface area contributed by atoms with Crippen LogP contribution < -0.4 is 5.32 Å². The van der Waals surface area contributed by atoms with Crippen LogP contribution in [-0.2, 0) is 13.5 Å². The van der Waals surface area contributed by atoms with E-state index in [0.717, 1.165) is 6.42 Å². The molecule has 3 heteroatoms. The van der Waals surface area contributed by atoms with Crippen LogP contribution in [0.2, 0.25) is 0 Å². The van der Waals surface area contributed by atoms with Gasteiger partial charge in [0.1, 0.15) is 0 Å². The Hall–Kier alpha value is -0.830. The minimum Gasteiger partial charge on any atom is -0.317 e. The van der Waals surface area contributed by atoms with Gasteiger partial charge < -0.3 is 5.32 Å². The molecule has 0 aromatic carbocycles. The molecule has 1 atom stereocenters. The molecule has 110 valence electrons. The summed E-state index contributed by atoms with van der Waals surface area (Å²) < 4.78 is 1.88. The molecule has 0 spiro atoms. The smallest absolute Gasteiger partial charge is 0.0522 e. The Kier molecular flexibility index (Phi) is 8.55. The van der Waals surface area contributed by atoms with E-state index in [1.54, 1.807) is 0 Å². The minimum absolute atomic E-state index is 0.597. The predicted molar refractivity (Wildman–Crippen MR) is 82.4 cm³/mol. The summed E-state index contributed by atoms with van der Waals surface area (Å²) in [5.74, 6) is 0. The number of hydrogen-bond donors (Lipinski definition) is 1. The molecule has 0 bridgehead atoms. The van der Waals surface area contributed by atoms with Crippen LogP contribution in [-0.4, -0.2) is 22.9 Å². The largest absolute Gasteiger partial charge is 0.317 e. The van der Waals surface area contributed by atoms with Crippen LogP contribution in [0.15, 0.2) is 12.4 Å². The number of nitrogens with zero attached hydrogens (tertiary/aromatic N) is 2. The van der Waals surface area contributed by atoms with Gasteiger partial charge in [-0.1, -0.05) is 51.9 Å². The molecule has 1 heterocycles. The zero-order valence-electron chi connectivity index (χ0n) is 13.0. The van der Waals surface area contributed by atoms with Crippen molar-refractivity contribution in [1.29, 1.82) is 0 Å². The lowest BCUT2D eigenvalue weighted by atomic mass is 10.0. The lowest BCUT2D eigenvalue weighted by Crippen LogP contribution is -2.27. The van der Waals surface area contributed by atoms with E-state index < -0.39 is 0 Å². The summed E-state index contributed by atoms with van der Waals surface area (Å²) >= 11 is 0. The van der Waals surface area contributed by atoms with Gasteiger partial charge in [0.05, 0.1) is 6.20 Å². The molecule has 1 aromatic rings. The number of rotatable bonds is 11. The monoisotopic (exact) mass is 265 g/mol. The molecule has 1 aromatic heterocycles. The average molecular weight is 265 g/mol. The van der Waals surface area contributed by atoms with Gasteiger partial charge in [0.25, 0.3) is 0 Å². The Morgan fingerprint density at radius 2 is 1.84 bits per heavy atom.